The standard InChI is InChI=1S/C15H22N2O3/c1-10(17-14(16)19)13(18)20-9-11-5-7-12(8-6-11)15(2,3)4/h5-8,10H,9H2,1-4H3,(H3,16,17,19). The molecule has 0 bridgehead atoms. The summed E-state index contributed by atoms with van der Waals surface area (Å²) in [4.78, 5) is 22.2. The first-order valence-corrected chi connectivity index (χ1v) is 6.52. The molecule has 0 saturated carbocycles. The predicted molar refractivity (Wildman–Crippen MR) is 77.1 cm³/mol. The number of urea groups is 1. The fraction of sp³-hybridized carbons (Fsp3) is 0.467. The Kier molecular flexibility index (Phi) is 5.13. The monoisotopic (exact) mass is 278 g/mol. The maximum Gasteiger partial charge on any atom is 0.328 e. The first-order valence-electron chi connectivity index (χ1n) is 6.52. The van der Waals surface area contributed by atoms with Crippen molar-refractivity contribution in [3.63, 3.8) is 0 Å². The number of hydrogen-bond acceptors (Lipinski definition) is 3. The Morgan fingerprint density at radius 3 is 2.25 bits per heavy atom. The Morgan fingerprint density at radius 1 is 1.25 bits per heavy atom. The number of carbonyl (C=O) groups is 2. The third-order valence-electron chi connectivity index (χ3n) is 2.91. The molecule has 0 spiro atoms. The lowest BCUT2D eigenvalue weighted by molar-refractivity contribution is -0.146. The minimum absolute atomic E-state index is 0.0924. The van der Waals surface area contributed by atoms with Gasteiger partial charge >= 0.3 is 12.0 Å². The van der Waals surface area contributed by atoms with E-state index in [4.69, 9.17) is 10.5 Å². The van der Waals surface area contributed by atoms with Crippen LogP contribution >= 0.6 is 0 Å². The summed E-state index contributed by atoms with van der Waals surface area (Å²) in [5, 5.41) is 2.27. The third-order valence-corrected chi connectivity index (χ3v) is 2.91. The Balaban J connectivity index is 2.54. The molecule has 2 amide bonds. The summed E-state index contributed by atoms with van der Waals surface area (Å²) >= 11 is 0. The van der Waals surface area contributed by atoms with Gasteiger partial charge in [0.2, 0.25) is 0 Å². The van der Waals surface area contributed by atoms with Gasteiger partial charge in [0.15, 0.2) is 0 Å². The summed E-state index contributed by atoms with van der Waals surface area (Å²) < 4.78 is 5.11. The van der Waals surface area contributed by atoms with Crippen LogP contribution in [0.4, 0.5) is 4.79 Å². The topological polar surface area (TPSA) is 81.4 Å². The molecule has 0 aliphatic carbocycles. The molecular formula is C15H22N2O3. The van der Waals surface area contributed by atoms with E-state index in [-0.39, 0.29) is 12.0 Å². The Labute approximate surface area is 119 Å². The molecule has 0 aliphatic heterocycles. The van der Waals surface area contributed by atoms with Gasteiger partial charge in [-0.15, -0.1) is 0 Å². The maximum atomic E-state index is 11.6. The average Bonchev–Trinajstić information content (AvgIpc) is 2.34. The van der Waals surface area contributed by atoms with Crippen molar-refractivity contribution in [3.8, 4) is 0 Å². The molecule has 3 N–H and O–H groups in total. The van der Waals surface area contributed by atoms with Gasteiger partial charge in [-0.05, 0) is 23.5 Å². The van der Waals surface area contributed by atoms with E-state index in [2.05, 4.69) is 26.1 Å². The van der Waals surface area contributed by atoms with Gasteiger partial charge in [0, 0.05) is 0 Å². The second kappa shape index (κ2) is 6.41. The zero-order valence-electron chi connectivity index (χ0n) is 12.4. The highest BCUT2D eigenvalue weighted by molar-refractivity contribution is 5.82. The molecule has 1 aromatic rings. The van der Waals surface area contributed by atoms with Crippen LogP contribution in [0.15, 0.2) is 24.3 Å². The van der Waals surface area contributed by atoms with E-state index in [9.17, 15) is 9.59 Å². The van der Waals surface area contributed by atoms with Gasteiger partial charge in [-0.3, -0.25) is 0 Å². The molecule has 0 aromatic heterocycles. The number of amides is 2. The molecule has 0 aliphatic rings. The number of carbonyl (C=O) groups excluding carboxylic acids is 2. The summed E-state index contributed by atoms with van der Waals surface area (Å²) in [6, 6.07) is 6.41. The summed E-state index contributed by atoms with van der Waals surface area (Å²) in [6.45, 7) is 8.11. The van der Waals surface area contributed by atoms with Gasteiger partial charge in [0.25, 0.3) is 0 Å². The predicted octanol–water partition coefficient (Wildman–Crippen LogP) is 2.08. The number of primary amides is 1. The van der Waals surface area contributed by atoms with Crippen molar-refractivity contribution >= 4 is 12.0 Å². The van der Waals surface area contributed by atoms with E-state index in [1.807, 2.05) is 24.3 Å². The summed E-state index contributed by atoms with van der Waals surface area (Å²) in [5.41, 5.74) is 7.15. The van der Waals surface area contributed by atoms with Crippen LogP contribution in [0.25, 0.3) is 0 Å². The third kappa shape index (κ3) is 4.91. The number of benzene rings is 1. The minimum Gasteiger partial charge on any atom is -0.459 e. The molecule has 0 heterocycles. The summed E-state index contributed by atoms with van der Waals surface area (Å²) in [5.74, 6) is -0.510. The van der Waals surface area contributed by atoms with Crippen molar-refractivity contribution in [1.82, 2.24) is 5.32 Å². The molecule has 0 fully saturated rings. The highest BCUT2D eigenvalue weighted by Crippen LogP contribution is 2.22. The minimum atomic E-state index is -0.749. The van der Waals surface area contributed by atoms with Crippen LogP contribution in [0.1, 0.15) is 38.8 Å². The van der Waals surface area contributed by atoms with Crippen LogP contribution in [-0.4, -0.2) is 18.0 Å². The largest absolute Gasteiger partial charge is 0.459 e. The fourth-order valence-corrected chi connectivity index (χ4v) is 1.65. The Hall–Kier alpha value is -2.04. The quantitative estimate of drug-likeness (QED) is 0.827. The molecule has 1 rings (SSSR count). The van der Waals surface area contributed by atoms with Gasteiger partial charge < -0.3 is 15.8 Å². The van der Waals surface area contributed by atoms with Crippen molar-refractivity contribution in [2.24, 2.45) is 5.73 Å². The SMILES string of the molecule is CC(NC(N)=O)C(=O)OCc1ccc(C(C)(C)C)cc1. The molecule has 1 aromatic carbocycles. The molecule has 1 unspecified atom stereocenters. The first-order chi connectivity index (χ1) is 9.20. The Morgan fingerprint density at radius 2 is 1.80 bits per heavy atom. The van der Waals surface area contributed by atoms with Crippen LogP contribution in [0.2, 0.25) is 0 Å². The first kappa shape index (κ1) is 16.0. The number of nitrogens with one attached hydrogen (secondary N) is 1. The van der Waals surface area contributed by atoms with Crippen molar-refractivity contribution in [2.45, 2.75) is 45.8 Å². The van der Waals surface area contributed by atoms with E-state index in [0.29, 0.717) is 0 Å². The number of hydrogen-bond donors (Lipinski definition) is 2. The van der Waals surface area contributed by atoms with Gasteiger partial charge in [-0.25, -0.2) is 9.59 Å². The number of nitrogens with two attached hydrogens (primary N) is 1. The molecule has 20 heavy (non-hydrogen) atoms. The molecule has 0 saturated heterocycles. The van der Waals surface area contributed by atoms with Crippen molar-refractivity contribution in [2.75, 3.05) is 0 Å². The molecule has 110 valence electrons. The average molecular weight is 278 g/mol. The zero-order valence-corrected chi connectivity index (χ0v) is 12.4. The molecule has 0 radical (unpaired) electrons. The Bertz CT molecular complexity index is 475. The van der Waals surface area contributed by atoms with Gasteiger partial charge in [-0.2, -0.15) is 0 Å². The lowest BCUT2D eigenvalue weighted by atomic mass is 9.87. The normalized spacial score (nSPS) is 12.6. The number of rotatable bonds is 4. The summed E-state index contributed by atoms with van der Waals surface area (Å²) in [6.07, 6.45) is 0. The van der Waals surface area contributed by atoms with Crippen molar-refractivity contribution < 1.29 is 14.3 Å². The number of ether oxygens (including phenoxy) is 1. The van der Waals surface area contributed by atoms with E-state index >= 15 is 0 Å². The number of esters is 1. The molecule has 5 nitrogen and oxygen atoms in total. The van der Waals surface area contributed by atoms with E-state index < -0.39 is 18.0 Å². The molecular weight excluding hydrogens is 256 g/mol. The van der Waals surface area contributed by atoms with Crippen LogP contribution in [-0.2, 0) is 21.6 Å². The van der Waals surface area contributed by atoms with Crippen LogP contribution < -0.4 is 11.1 Å². The smallest absolute Gasteiger partial charge is 0.328 e. The van der Waals surface area contributed by atoms with Gasteiger partial charge in [0.1, 0.15) is 12.6 Å². The zero-order chi connectivity index (χ0) is 15.3. The van der Waals surface area contributed by atoms with E-state index in [0.717, 1.165) is 5.56 Å². The highest BCUT2D eigenvalue weighted by atomic mass is 16.5. The second-order valence-electron chi connectivity index (χ2n) is 5.78. The van der Waals surface area contributed by atoms with E-state index in [1.54, 1.807) is 0 Å². The molecule has 1 atom stereocenters. The second-order valence-corrected chi connectivity index (χ2v) is 5.78. The van der Waals surface area contributed by atoms with Gasteiger partial charge in [-0.1, -0.05) is 45.0 Å². The fourth-order valence-electron chi connectivity index (χ4n) is 1.65. The van der Waals surface area contributed by atoms with Crippen LogP contribution in [0.3, 0.4) is 0 Å². The van der Waals surface area contributed by atoms with Crippen molar-refractivity contribution in [1.29, 1.82) is 0 Å². The van der Waals surface area contributed by atoms with Crippen LogP contribution in [0, 0.1) is 0 Å². The van der Waals surface area contributed by atoms with Crippen LogP contribution in [0.5, 0.6) is 0 Å². The van der Waals surface area contributed by atoms with Gasteiger partial charge in [0.05, 0.1) is 0 Å². The summed E-state index contributed by atoms with van der Waals surface area (Å²) in [7, 11) is 0. The van der Waals surface area contributed by atoms with Crippen molar-refractivity contribution in [3.05, 3.63) is 35.4 Å². The lowest BCUT2D eigenvalue weighted by Crippen LogP contribution is -2.42. The lowest BCUT2D eigenvalue weighted by Gasteiger charge is -2.19. The highest BCUT2D eigenvalue weighted by Gasteiger charge is 2.16. The van der Waals surface area contributed by atoms with E-state index in [1.165, 1.54) is 12.5 Å². The molecule has 5 heteroatoms. The maximum absolute atomic E-state index is 11.6.